The molecule has 0 fully saturated rings. The van der Waals surface area contributed by atoms with Crippen LogP contribution in [0.4, 0.5) is 13.2 Å². The van der Waals surface area contributed by atoms with E-state index in [1.807, 2.05) is 30.3 Å². The fourth-order valence-corrected chi connectivity index (χ4v) is 2.95. The first-order valence-corrected chi connectivity index (χ1v) is 8.78. The van der Waals surface area contributed by atoms with Gasteiger partial charge in [0.15, 0.2) is 0 Å². The van der Waals surface area contributed by atoms with Gasteiger partial charge in [-0.2, -0.15) is 8.78 Å². The van der Waals surface area contributed by atoms with Gasteiger partial charge in [-0.25, -0.2) is 4.39 Å². The monoisotopic (exact) mass is 364 g/mol. The highest BCUT2D eigenvalue weighted by Crippen LogP contribution is 2.34. The van der Waals surface area contributed by atoms with Gasteiger partial charge in [0.1, 0.15) is 11.9 Å². The van der Waals surface area contributed by atoms with Crippen molar-refractivity contribution in [1.29, 1.82) is 0 Å². The number of carbonyl (C=O) groups is 1. The van der Waals surface area contributed by atoms with Gasteiger partial charge in [-0.1, -0.05) is 30.3 Å². The topological polar surface area (TPSA) is 26.3 Å². The molecule has 0 saturated carbocycles. The Kier molecular flexibility index (Phi) is 7.70. The number of carbonyl (C=O) groups excluding carboxylic acids is 1. The average Bonchev–Trinajstić information content (AvgIpc) is 2.60. The van der Waals surface area contributed by atoms with E-state index in [1.165, 1.54) is 5.56 Å². The van der Waals surface area contributed by atoms with Crippen molar-refractivity contribution in [2.24, 2.45) is 0 Å². The number of rotatable bonds is 8. The van der Waals surface area contributed by atoms with Crippen LogP contribution in [-0.2, 0) is 16.0 Å². The first kappa shape index (κ1) is 20.0. The van der Waals surface area contributed by atoms with Crippen molar-refractivity contribution in [2.45, 2.75) is 51.0 Å². The van der Waals surface area contributed by atoms with Gasteiger partial charge < -0.3 is 4.74 Å². The van der Waals surface area contributed by atoms with Gasteiger partial charge in [0.05, 0.1) is 0 Å². The summed E-state index contributed by atoms with van der Waals surface area (Å²) in [5.74, 6) is -0.849. The minimum absolute atomic E-state index is 0.0343. The van der Waals surface area contributed by atoms with Crippen LogP contribution in [0.3, 0.4) is 0 Å². The van der Waals surface area contributed by atoms with Crippen LogP contribution in [0.5, 0.6) is 0 Å². The van der Waals surface area contributed by atoms with Gasteiger partial charge in [0.25, 0.3) is 6.08 Å². The van der Waals surface area contributed by atoms with Crippen LogP contribution in [0.1, 0.15) is 49.7 Å². The summed E-state index contributed by atoms with van der Waals surface area (Å²) in [4.78, 5) is 11.6. The molecule has 0 aromatic heterocycles. The minimum Gasteiger partial charge on any atom is -0.462 e. The molecule has 0 spiro atoms. The summed E-state index contributed by atoms with van der Waals surface area (Å²) >= 11 is 0. The van der Waals surface area contributed by atoms with Gasteiger partial charge in [0.2, 0.25) is 0 Å². The molecule has 0 saturated heterocycles. The summed E-state index contributed by atoms with van der Waals surface area (Å²) in [5.41, 5.74) is 2.67. The second kappa shape index (κ2) is 10.00. The summed E-state index contributed by atoms with van der Waals surface area (Å²) in [6, 6.07) is 7.81. The maximum absolute atomic E-state index is 14.5. The lowest BCUT2D eigenvalue weighted by atomic mass is 9.90. The molecule has 2 rings (SSSR count). The number of halogens is 3. The van der Waals surface area contributed by atoms with Crippen molar-refractivity contribution < 1.29 is 22.7 Å². The Labute approximate surface area is 152 Å². The molecule has 140 valence electrons. The van der Waals surface area contributed by atoms with Crippen molar-refractivity contribution in [2.75, 3.05) is 0 Å². The number of ether oxygens (including phenoxy) is 1. The molecule has 1 aromatic rings. The molecule has 0 amide bonds. The van der Waals surface area contributed by atoms with E-state index in [2.05, 4.69) is 6.58 Å². The van der Waals surface area contributed by atoms with E-state index in [-0.39, 0.29) is 25.1 Å². The summed E-state index contributed by atoms with van der Waals surface area (Å²) in [5, 5.41) is 0. The molecule has 5 heteroatoms. The molecular weight excluding hydrogens is 341 g/mol. The largest absolute Gasteiger partial charge is 0.462 e. The zero-order valence-electron chi connectivity index (χ0n) is 14.6. The fraction of sp³-hybridized carbons (Fsp3) is 0.381. The number of esters is 1. The number of allylic oxidation sites excluding steroid dienone is 3. The minimum atomic E-state index is -1.82. The van der Waals surface area contributed by atoms with Crippen molar-refractivity contribution in [3.63, 3.8) is 0 Å². The Morgan fingerprint density at radius 2 is 1.96 bits per heavy atom. The molecule has 1 aliphatic rings. The van der Waals surface area contributed by atoms with E-state index >= 15 is 0 Å². The Hall–Kier alpha value is -2.30. The molecule has 1 unspecified atom stereocenters. The second-order valence-electron chi connectivity index (χ2n) is 6.29. The third-order valence-corrected chi connectivity index (χ3v) is 4.34. The molecule has 1 aliphatic carbocycles. The lowest BCUT2D eigenvalue weighted by molar-refractivity contribution is -0.149. The second-order valence-corrected chi connectivity index (χ2v) is 6.29. The van der Waals surface area contributed by atoms with Crippen molar-refractivity contribution in [3.8, 4) is 0 Å². The smallest absolute Gasteiger partial charge is 0.306 e. The molecule has 0 aliphatic heterocycles. The van der Waals surface area contributed by atoms with Crippen LogP contribution in [0, 0.1) is 0 Å². The standard InChI is InChI=1S/C21H23F3O2/c1-2-3-5-15-8-10-16(11-9-15)18-13-12-17(14-19(18)22)26-21(25)7-4-6-20(23)24/h2,6,8-11,17H,1,3-5,7,12-14H2. The van der Waals surface area contributed by atoms with Crippen LogP contribution < -0.4 is 0 Å². The summed E-state index contributed by atoms with van der Waals surface area (Å²) in [6.45, 7) is 3.70. The van der Waals surface area contributed by atoms with Crippen molar-refractivity contribution in [3.05, 3.63) is 66.0 Å². The lowest BCUT2D eigenvalue weighted by Gasteiger charge is -2.24. The van der Waals surface area contributed by atoms with Crippen molar-refractivity contribution >= 4 is 11.5 Å². The number of aryl methyl sites for hydroxylation is 1. The van der Waals surface area contributed by atoms with E-state index in [0.29, 0.717) is 24.5 Å². The fourth-order valence-electron chi connectivity index (χ4n) is 2.95. The predicted molar refractivity (Wildman–Crippen MR) is 96.3 cm³/mol. The zero-order valence-corrected chi connectivity index (χ0v) is 14.6. The van der Waals surface area contributed by atoms with Crippen LogP contribution in [-0.4, -0.2) is 12.1 Å². The summed E-state index contributed by atoms with van der Waals surface area (Å²) in [6.07, 6.45) is 2.85. The maximum atomic E-state index is 14.5. The Morgan fingerprint density at radius 1 is 1.23 bits per heavy atom. The van der Waals surface area contributed by atoms with Crippen LogP contribution in [0.15, 0.2) is 54.9 Å². The highest BCUT2D eigenvalue weighted by Gasteiger charge is 2.24. The highest BCUT2D eigenvalue weighted by atomic mass is 19.3. The van der Waals surface area contributed by atoms with Gasteiger partial charge >= 0.3 is 5.97 Å². The third-order valence-electron chi connectivity index (χ3n) is 4.34. The van der Waals surface area contributed by atoms with E-state index in [1.54, 1.807) is 0 Å². The number of benzene rings is 1. The molecule has 0 N–H and O–H groups in total. The van der Waals surface area contributed by atoms with Gasteiger partial charge in [0, 0.05) is 12.8 Å². The molecule has 0 bridgehead atoms. The summed E-state index contributed by atoms with van der Waals surface area (Å²) in [7, 11) is 0. The summed E-state index contributed by atoms with van der Waals surface area (Å²) < 4.78 is 43.5. The molecule has 1 aromatic carbocycles. The predicted octanol–water partition coefficient (Wildman–Crippen LogP) is 6.14. The van der Waals surface area contributed by atoms with Gasteiger partial charge in [-0.05, 0) is 54.9 Å². The molecule has 1 atom stereocenters. The Balaban J connectivity index is 1.91. The van der Waals surface area contributed by atoms with Crippen molar-refractivity contribution in [1.82, 2.24) is 0 Å². The van der Waals surface area contributed by atoms with Gasteiger partial charge in [-0.15, -0.1) is 6.58 Å². The first-order chi connectivity index (χ1) is 12.5. The van der Waals surface area contributed by atoms with E-state index in [4.69, 9.17) is 4.74 Å². The van der Waals surface area contributed by atoms with E-state index < -0.39 is 18.2 Å². The number of hydrogen-bond acceptors (Lipinski definition) is 2. The van der Waals surface area contributed by atoms with Gasteiger partial charge in [-0.3, -0.25) is 4.79 Å². The number of hydrogen-bond donors (Lipinski definition) is 0. The lowest BCUT2D eigenvalue weighted by Crippen LogP contribution is -2.21. The quantitative estimate of drug-likeness (QED) is 0.409. The highest BCUT2D eigenvalue weighted by molar-refractivity contribution is 5.71. The maximum Gasteiger partial charge on any atom is 0.306 e. The SMILES string of the molecule is C=CCCc1ccc(C2=C(F)CC(OC(=O)CCC=C(F)F)CC2)cc1. The molecule has 2 nitrogen and oxygen atoms in total. The first-order valence-electron chi connectivity index (χ1n) is 8.78. The average molecular weight is 364 g/mol. The molecule has 0 heterocycles. The van der Waals surface area contributed by atoms with Crippen LogP contribution in [0.2, 0.25) is 0 Å². The normalized spacial score (nSPS) is 17.0. The van der Waals surface area contributed by atoms with Crippen LogP contribution >= 0.6 is 0 Å². The third kappa shape index (κ3) is 6.21. The molecule has 26 heavy (non-hydrogen) atoms. The molecule has 0 radical (unpaired) electrons. The van der Waals surface area contributed by atoms with Crippen LogP contribution in [0.25, 0.3) is 5.57 Å². The molecular formula is C21H23F3O2. The van der Waals surface area contributed by atoms with E-state index in [9.17, 15) is 18.0 Å². The Morgan fingerprint density at radius 3 is 2.58 bits per heavy atom. The Bertz CT molecular complexity index is 686. The van der Waals surface area contributed by atoms with E-state index in [0.717, 1.165) is 18.4 Å². The zero-order chi connectivity index (χ0) is 18.9.